The van der Waals surface area contributed by atoms with Crippen LogP contribution in [0.1, 0.15) is 34.6 Å². The van der Waals surface area contributed by atoms with E-state index in [1.165, 1.54) is 5.92 Å². The van der Waals surface area contributed by atoms with E-state index in [0.717, 1.165) is 5.92 Å². The summed E-state index contributed by atoms with van der Waals surface area (Å²) in [5.74, 6) is 2.45. The summed E-state index contributed by atoms with van der Waals surface area (Å²) in [6.07, 6.45) is 0. The molecule has 0 spiro atoms. The van der Waals surface area contributed by atoms with E-state index < -0.39 is 0 Å². The van der Waals surface area contributed by atoms with Crippen LogP contribution in [-0.4, -0.2) is 5.78 Å². The number of ketones is 1. The number of rotatable bonds is 3. The van der Waals surface area contributed by atoms with Gasteiger partial charge in [-0.15, -0.1) is 5.92 Å². The number of carbonyl (C=O) groups is 1. The van der Waals surface area contributed by atoms with Crippen LogP contribution in [0.5, 0.6) is 0 Å². The van der Waals surface area contributed by atoms with Gasteiger partial charge >= 0.3 is 0 Å². The summed E-state index contributed by atoms with van der Waals surface area (Å²) in [5, 5.41) is 0. The Morgan fingerprint density at radius 3 is 1.64 bits per heavy atom. The molecule has 0 N–H and O–H groups in total. The first-order chi connectivity index (χ1) is 4.46. The Labute approximate surface area is 95.2 Å². The van der Waals surface area contributed by atoms with Crippen molar-refractivity contribution in [2.75, 3.05) is 0 Å². The molecule has 11 heavy (non-hydrogen) atoms. The van der Waals surface area contributed by atoms with Crippen LogP contribution < -0.4 is 0 Å². The molecule has 0 saturated carbocycles. The van der Waals surface area contributed by atoms with Crippen molar-refractivity contribution >= 4 is 5.78 Å². The molecule has 0 aliphatic rings. The summed E-state index contributed by atoms with van der Waals surface area (Å²) in [7, 11) is 0. The molecule has 0 heterocycles. The van der Waals surface area contributed by atoms with Crippen LogP contribution in [0.2, 0.25) is 0 Å². The fraction of sp³-hybridized carbons (Fsp3) is 0.667. The fourth-order valence-corrected chi connectivity index (χ4v) is 0.695. The Kier molecular flexibility index (Phi) is 7.98. The van der Waals surface area contributed by atoms with Crippen molar-refractivity contribution in [2.24, 2.45) is 5.92 Å². The third kappa shape index (κ3) is 4.97. The Bertz CT molecular complexity index is 119. The number of Topliss-reactive ketones (excluding diaryl/α,β-unsaturated/α-hetero) is 1. The Morgan fingerprint density at radius 1 is 1.18 bits per heavy atom. The predicted molar refractivity (Wildman–Crippen MR) is 43.4 cm³/mol. The largest absolute Gasteiger partial charge is 0.337 e. The second kappa shape index (κ2) is 6.19. The second-order valence-corrected chi connectivity index (χ2v) is 3.16. The molecule has 63 valence electrons. The van der Waals surface area contributed by atoms with Crippen molar-refractivity contribution in [3.8, 4) is 0 Å². The smallest absolute Gasteiger partial charge is 0 e. The average Bonchev–Trinajstić information content (AvgIpc) is 1.84. The summed E-state index contributed by atoms with van der Waals surface area (Å²) in [6, 6.07) is 0. The topological polar surface area (TPSA) is 17.1 Å². The van der Waals surface area contributed by atoms with Gasteiger partial charge in [-0.1, -0.05) is 6.92 Å². The van der Waals surface area contributed by atoms with E-state index >= 15 is 0 Å². The molecular weight excluding hydrogens is 213 g/mol. The van der Waals surface area contributed by atoms with Crippen LogP contribution in [0.15, 0.2) is 0 Å². The summed E-state index contributed by atoms with van der Waals surface area (Å²) >= 11 is 0. The van der Waals surface area contributed by atoms with Gasteiger partial charge in [-0.05, 0) is 5.78 Å². The van der Waals surface area contributed by atoms with Gasteiger partial charge in [-0.25, -0.2) is 0 Å². The first-order valence-electron chi connectivity index (χ1n) is 3.61. The Morgan fingerprint density at radius 2 is 1.55 bits per heavy atom. The fourth-order valence-electron chi connectivity index (χ4n) is 0.695. The van der Waals surface area contributed by atoms with Gasteiger partial charge in [0.25, 0.3) is 0 Å². The number of hydrogen-bond donors (Lipinski definition) is 0. The Hall–Kier alpha value is 0.644. The summed E-state index contributed by atoms with van der Waals surface area (Å²) < 4.78 is 0. The summed E-state index contributed by atoms with van der Waals surface area (Å²) in [6.45, 7) is 9.66. The minimum absolute atomic E-state index is 0. The van der Waals surface area contributed by atoms with Gasteiger partial charge in [0, 0.05) is 32.7 Å². The molecule has 0 fully saturated rings. The van der Waals surface area contributed by atoms with E-state index in [1.54, 1.807) is 0 Å². The molecule has 0 aromatic rings. The van der Waals surface area contributed by atoms with Gasteiger partial charge in [0.1, 0.15) is 0 Å². The van der Waals surface area contributed by atoms with Gasteiger partial charge in [-0.3, -0.25) is 0 Å². The van der Waals surface area contributed by atoms with Crippen molar-refractivity contribution < 1.29 is 37.5 Å². The first kappa shape index (κ1) is 14.2. The molecule has 1 atom stereocenters. The van der Waals surface area contributed by atoms with Gasteiger partial charge in [-0.2, -0.15) is 27.7 Å². The Balaban J connectivity index is 0. The maximum atomic E-state index is 11.2. The molecule has 0 aliphatic carbocycles. The zero-order valence-corrected chi connectivity index (χ0v) is 10.9. The molecule has 1 unspecified atom stereocenters. The van der Waals surface area contributed by atoms with Crippen LogP contribution in [0.4, 0.5) is 0 Å². The molecule has 0 bridgehead atoms. The first-order valence-corrected chi connectivity index (χ1v) is 3.61. The van der Waals surface area contributed by atoms with Crippen molar-refractivity contribution in [3.63, 3.8) is 0 Å². The maximum Gasteiger partial charge on any atom is 0 e. The van der Waals surface area contributed by atoms with E-state index in [9.17, 15) is 4.79 Å². The molecule has 1 nitrogen and oxygen atoms in total. The summed E-state index contributed by atoms with van der Waals surface area (Å²) in [5.41, 5.74) is 0. The zero-order chi connectivity index (χ0) is 8.31. The van der Waals surface area contributed by atoms with Crippen LogP contribution >= 0.6 is 0 Å². The molecular formula is C9H16OY-2. The van der Waals surface area contributed by atoms with E-state index in [2.05, 4.69) is 0 Å². The molecule has 0 aromatic carbocycles. The quantitative estimate of drug-likeness (QED) is 0.679. The van der Waals surface area contributed by atoms with Crippen molar-refractivity contribution in [3.05, 3.63) is 11.8 Å². The second-order valence-electron chi connectivity index (χ2n) is 3.16. The third-order valence-electron chi connectivity index (χ3n) is 1.75. The van der Waals surface area contributed by atoms with Crippen LogP contribution in [0.25, 0.3) is 0 Å². The minimum Gasteiger partial charge on any atom is -0.337 e. The normalized spacial score (nSPS) is 12.2. The van der Waals surface area contributed by atoms with E-state index in [4.69, 9.17) is 0 Å². The molecule has 2 heteroatoms. The number of carbonyl (C=O) groups excluding carboxylic acids is 1. The number of hydrogen-bond acceptors (Lipinski definition) is 1. The van der Waals surface area contributed by atoms with Crippen LogP contribution in [-0.2, 0) is 37.5 Å². The SMILES string of the molecule is C[C-](C)C(=O)C(C)[C-](C)C.[Y]. The summed E-state index contributed by atoms with van der Waals surface area (Å²) in [4.78, 5) is 11.2. The molecule has 1 radical (unpaired) electrons. The van der Waals surface area contributed by atoms with Crippen molar-refractivity contribution in [2.45, 2.75) is 34.6 Å². The van der Waals surface area contributed by atoms with E-state index in [0.29, 0.717) is 0 Å². The van der Waals surface area contributed by atoms with Crippen LogP contribution in [0.3, 0.4) is 0 Å². The van der Waals surface area contributed by atoms with E-state index in [1.807, 2.05) is 34.6 Å². The maximum absolute atomic E-state index is 11.2. The standard InChI is InChI=1S/C9H16O.Y/c1-6(2)8(5)9(10)7(3)4;/h8H,1-5H3;/q-2;. The molecule has 0 saturated heterocycles. The predicted octanol–water partition coefficient (Wildman–Crippen LogP) is 2.42. The molecule has 0 amide bonds. The minimum atomic E-state index is 0. The van der Waals surface area contributed by atoms with Gasteiger partial charge < -0.3 is 16.6 Å². The molecule has 0 aromatic heterocycles. The third-order valence-corrected chi connectivity index (χ3v) is 1.75. The van der Waals surface area contributed by atoms with Crippen molar-refractivity contribution in [1.82, 2.24) is 0 Å². The van der Waals surface area contributed by atoms with Crippen molar-refractivity contribution in [1.29, 1.82) is 0 Å². The van der Waals surface area contributed by atoms with Gasteiger partial charge in [0.05, 0.1) is 0 Å². The molecule has 0 rings (SSSR count). The monoisotopic (exact) mass is 229 g/mol. The van der Waals surface area contributed by atoms with Crippen LogP contribution in [0, 0.1) is 17.8 Å². The zero-order valence-electron chi connectivity index (χ0n) is 8.06. The van der Waals surface area contributed by atoms with E-state index in [-0.39, 0.29) is 44.4 Å². The average molecular weight is 229 g/mol. The molecule has 0 aliphatic heterocycles. The van der Waals surface area contributed by atoms with Gasteiger partial charge in [0.2, 0.25) is 0 Å². The van der Waals surface area contributed by atoms with Gasteiger partial charge in [0.15, 0.2) is 0 Å².